The molecule has 0 fully saturated rings. The van der Waals surface area contributed by atoms with Gasteiger partial charge in [-0.25, -0.2) is 4.39 Å². The molecule has 1 aromatic carbocycles. The van der Waals surface area contributed by atoms with E-state index in [1.807, 2.05) is 16.9 Å². The molecule has 0 saturated heterocycles. The fraction of sp³-hybridized carbons (Fsp3) is 0.357. The molecule has 0 aliphatic carbocycles. The van der Waals surface area contributed by atoms with Crippen molar-refractivity contribution in [3.63, 3.8) is 0 Å². The molecule has 19 heavy (non-hydrogen) atoms. The lowest BCUT2D eigenvalue weighted by atomic mass is 10.3. The molecule has 3 nitrogen and oxygen atoms in total. The van der Waals surface area contributed by atoms with Crippen LogP contribution in [0.2, 0.25) is 0 Å². The van der Waals surface area contributed by atoms with Gasteiger partial charge in [-0.2, -0.15) is 5.10 Å². The van der Waals surface area contributed by atoms with E-state index in [-0.39, 0.29) is 5.82 Å². The highest BCUT2D eigenvalue weighted by Gasteiger charge is 2.05. The van der Waals surface area contributed by atoms with Crippen molar-refractivity contribution in [3.05, 3.63) is 46.4 Å². The van der Waals surface area contributed by atoms with Crippen LogP contribution in [0, 0.1) is 5.82 Å². The lowest BCUT2D eigenvalue weighted by Crippen LogP contribution is -2.06. The Hall–Kier alpha value is -1.36. The summed E-state index contributed by atoms with van der Waals surface area (Å²) >= 11 is 3.17. The minimum atomic E-state index is -0.258. The van der Waals surface area contributed by atoms with Crippen molar-refractivity contribution in [2.45, 2.75) is 32.9 Å². The van der Waals surface area contributed by atoms with Crippen LogP contribution < -0.4 is 5.32 Å². The van der Waals surface area contributed by atoms with Gasteiger partial charge in [-0.05, 0) is 53.5 Å². The second-order valence-electron chi connectivity index (χ2n) is 4.53. The van der Waals surface area contributed by atoms with Crippen LogP contribution in [0.15, 0.2) is 34.9 Å². The lowest BCUT2D eigenvalue weighted by Gasteiger charge is -2.08. The average Bonchev–Trinajstić information content (AvgIpc) is 2.88. The van der Waals surface area contributed by atoms with E-state index < -0.39 is 0 Å². The van der Waals surface area contributed by atoms with Gasteiger partial charge >= 0.3 is 0 Å². The van der Waals surface area contributed by atoms with Gasteiger partial charge in [0.1, 0.15) is 5.82 Å². The standard InChI is InChI=1S/C14H17BrFN3/c1-3-10(2)19-7-6-12(18-19)9-17-11-4-5-14(16)13(15)8-11/h4-8,10,17H,3,9H2,1-2H3. The summed E-state index contributed by atoms with van der Waals surface area (Å²) in [5, 5.41) is 7.73. The Morgan fingerprint density at radius 3 is 2.89 bits per heavy atom. The summed E-state index contributed by atoms with van der Waals surface area (Å²) in [5.41, 5.74) is 1.84. The number of benzene rings is 1. The Morgan fingerprint density at radius 2 is 2.21 bits per heavy atom. The van der Waals surface area contributed by atoms with Crippen LogP contribution in [-0.4, -0.2) is 9.78 Å². The molecule has 0 spiro atoms. The van der Waals surface area contributed by atoms with Gasteiger partial charge in [-0.3, -0.25) is 4.68 Å². The maximum atomic E-state index is 13.1. The lowest BCUT2D eigenvalue weighted by molar-refractivity contribution is 0.474. The molecule has 0 aliphatic rings. The van der Waals surface area contributed by atoms with Gasteiger partial charge in [0.15, 0.2) is 0 Å². The molecule has 102 valence electrons. The van der Waals surface area contributed by atoms with Crippen LogP contribution in [0.1, 0.15) is 32.0 Å². The summed E-state index contributed by atoms with van der Waals surface area (Å²) in [7, 11) is 0. The molecule has 0 radical (unpaired) electrons. The second-order valence-corrected chi connectivity index (χ2v) is 5.38. The Bertz CT molecular complexity index is 553. The largest absolute Gasteiger partial charge is 0.379 e. The monoisotopic (exact) mass is 325 g/mol. The van der Waals surface area contributed by atoms with Gasteiger partial charge in [0.05, 0.1) is 16.7 Å². The van der Waals surface area contributed by atoms with E-state index in [0.29, 0.717) is 17.1 Å². The van der Waals surface area contributed by atoms with Gasteiger partial charge < -0.3 is 5.32 Å². The fourth-order valence-corrected chi connectivity index (χ4v) is 2.08. The minimum absolute atomic E-state index is 0.258. The topological polar surface area (TPSA) is 29.9 Å². The molecule has 1 heterocycles. The predicted molar refractivity (Wildman–Crippen MR) is 78.7 cm³/mol. The summed E-state index contributed by atoms with van der Waals surface area (Å²) in [5.74, 6) is -0.258. The highest BCUT2D eigenvalue weighted by molar-refractivity contribution is 9.10. The van der Waals surface area contributed by atoms with Gasteiger partial charge in [0.25, 0.3) is 0 Å². The van der Waals surface area contributed by atoms with E-state index in [0.717, 1.165) is 17.8 Å². The number of nitrogens with zero attached hydrogens (tertiary/aromatic N) is 2. The number of halogens is 2. The zero-order chi connectivity index (χ0) is 13.8. The van der Waals surface area contributed by atoms with E-state index in [1.54, 1.807) is 12.1 Å². The molecule has 2 rings (SSSR count). The molecular formula is C14H17BrFN3. The molecule has 0 aliphatic heterocycles. The molecule has 0 amide bonds. The number of aromatic nitrogens is 2. The molecule has 2 aromatic rings. The van der Waals surface area contributed by atoms with Crippen LogP contribution in [0.25, 0.3) is 0 Å². The van der Waals surface area contributed by atoms with Crippen LogP contribution in [-0.2, 0) is 6.54 Å². The van der Waals surface area contributed by atoms with Crippen molar-refractivity contribution in [2.75, 3.05) is 5.32 Å². The minimum Gasteiger partial charge on any atom is -0.379 e. The van der Waals surface area contributed by atoms with Crippen molar-refractivity contribution in [1.29, 1.82) is 0 Å². The maximum Gasteiger partial charge on any atom is 0.137 e. The van der Waals surface area contributed by atoms with Gasteiger partial charge in [-0.15, -0.1) is 0 Å². The molecule has 0 bridgehead atoms. The summed E-state index contributed by atoms with van der Waals surface area (Å²) in [6, 6.07) is 7.28. The quantitative estimate of drug-likeness (QED) is 0.884. The molecular weight excluding hydrogens is 309 g/mol. The molecule has 5 heteroatoms. The zero-order valence-corrected chi connectivity index (χ0v) is 12.6. The summed E-state index contributed by atoms with van der Waals surface area (Å²) in [6.45, 7) is 4.91. The van der Waals surface area contributed by atoms with E-state index >= 15 is 0 Å². The Kier molecular flexibility index (Phi) is 4.58. The van der Waals surface area contributed by atoms with E-state index in [4.69, 9.17) is 0 Å². The first-order valence-corrected chi connectivity index (χ1v) is 7.12. The van der Waals surface area contributed by atoms with Crippen molar-refractivity contribution in [2.24, 2.45) is 0 Å². The van der Waals surface area contributed by atoms with Crippen LogP contribution in [0.5, 0.6) is 0 Å². The highest BCUT2D eigenvalue weighted by Crippen LogP contribution is 2.20. The van der Waals surface area contributed by atoms with Crippen molar-refractivity contribution in [3.8, 4) is 0 Å². The summed E-state index contributed by atoms with van der Waals surface area (Å²) in [4.78, 5) is 0. The second kappa shape index (κ2) is 6.19. The third-order valence-corrected chi connectivity index (χ3v) is 3.71. The average molecular weight is 326 g/mol. The summed E-state index contributed by atoms with van der Waals surface area (Å²) in [6.07, 6.45) is 3.05. The Labute approximate surface area is 121 Å². The molecule has 1 N–H and O–H groups in total. The predicted octanol–water partition coefficient (Wildman–Crippen LogP) is 4.37. The Balaban J connectivity index is 1.98. The van der Waals surface area contributed by atoms with E-state index in [1.165, 1.54) is 6.07 Å². The first kappa shape index (κ1) is 14.1. The van der Waals surface area contributed by atoms with Gasteiger partial charge in [0.2, 0.25) is 0 Å². The molecule has 1 aromatic heterocycles. The third kappa shape index (κ3) is 3.56. The van der Waals surface area contributed by atoms with E-state index in [2.05, 4.69) is 40.2 Å². The number of hydrogen-bond acceptors (Lipinski definition) is 2. The molecule has 1 unspecified atom stereocenters. The van der Waals surface area contributed by atoms with Gasteiger partial charge in [0, 0.05) is 17.9 Å². The van der Waals surface area contributed by atoms with Crippen LogP contribution >= 0.6 is 15.9 Å². The first-order chi connectivity index (χ1) is 9.10. The van der Waals surface area contributed by atoms with Crippen LogP contribution in [0.4, 0.5) is 10.1 Å². The van der Waals surface area contributed by atoms with Crippen molar-refractivity contribution >= 4 is 21.6 Å². The normalized spacial score (nSPS) is 12.4. The van der Waals surface area contributed by atoms with Crippen molar-refractivity contribution < 1.29 is 4.39 Å². The Morgan fingerprint density at radius 1 is 1.42 bits per heavy atom. The molecule has 0 saturated carbocycles. The number of anilines is 1. The van der Waals surface area contributed by atoms with Crippen molar-refractivity contribution in [1.82, 2.24) is 9.78 Å². The zero-order valence-electron chi connectivity index (χ0n) is 11.0. The fourth-order valence-electron chi connectivity index (χ4n) is 1.70. The van der Waals surface area contributed by atoms with E-state index in [9.17, 15) is 4.39 Å². The smallest absolute Gasteiger partial charge is 0.137 e. The third-order valence-electron chi connectivity index (χ3n) is 3.10. The maximum absolute atomic E-state index is 13.1. The molecule has 1 atom stereocenters. The number of hydrogen-bond donors (Lipinski definition) is 1. The SMILES string of the molecule is CCC(C)n1ccc(CNc2ccc(F)c(Br)c2)n1. The number of nitrogens with one attached hydrogen (secondary N) is 1. The first-order valence-electron chi connectivity index (χ1n) is 6.33. The number of rotatable bonds is 5. The van der Waals surface area contributed by atoms with Crippen LogP contribution in [0.3, 0.4) is 0 Å². The van der Waals surface area contributed by atoms with Gasteiger partial charge in [-0.1, -0.05) is 6.92 Å². The highest BCUT2D eigenvalue weighted by atomic mass is 79.9. The summed E-state index contributed by atoms with van der Waals surface area (Å²) < 4.78 is 15.5.